The summed E-state index contributed by atoms with van der Waals surface area (Å²) in [6, 6.07) is -0.974. The largest absolute Gasteiger partial charge is 0.456 e. The van der Waals surface area contributed by atoms with Crippen LogP contribution in [0.2, 0.25) is 0 Å². The lowest BCUT2D eigenvalue weighted by Crippen LogP contribution is -2.48. The maximum absolute atomic E-state index is 13.0. The van der Waals surface area contributed by atoms with Crippen LogP contribution >= 0.6 is 22.9 Å². The summed E-state index contributed by atoms with van der Waals surface area (Å²) in [5.74, 6) is -1.45. The molecule has 0 aromatic carbocycles. The van der Waals surface area contributed by atoms with Gasteiger partial charge in [-0.15, -0.1) is 22.9 Å². The van der Waals surface area contributed by atoms with E-state index in [0.717, 1.165) is 0 Å². The van der Waals surface area contributed by atoms with E-state index in [-0.39, 0.29) is 30.5 Å². The second-order valence-corrected chi connectivity index (χ2v) is 12.7. The van der Waals surface area contributed by atoms with E-state index in [1.54, 1.807) is 80.0 Å². The van der Waals surface area contributed by atoms with Crippen LogP contribution in [0.3, 0.4) is 0 Å². The van der Waals surface area contributed by atoms with Crippen molar-refractivity contribution in [2.45, 2.75) is 98.1 Å². The van der Waals surface area contributed by atoms with Crippen LogP contribution in [-0.4, -0.2) is 70.1 Å². The number of allylic oxidation sites excluding steroid dienone is 1. The Hall–Kier alpha value is -2.66. The van der Waals surface area contributed by atoms with Crippen molar-refractivity contribution in [2.24, 2.45) is 5.92 Å². The highest BCUT2D eigenvalue weighted by molar-refractivity contribution is 7.09. The minimum Gasteiger partial charge on any atom is -0.456 e. The van der Waals surface area contributed by atoms with Crippen LogP contribution in [0.25, 0.3) is 0 Å². The fourth-order valence-electron chi connectivity index (χ4n) is 3.04. The number of halogens is 1. The van der Waals surface area contributed by atoms with E-state index in [1.165, 1.54) is 16.2 Å². The van der Waals surface area contributed by atoms with Crippen LogP contribution in [0, 0.1) is 5.92 Å². The third kappa shape index (κ3) is 13.8. The van der Waals surface area contributed by atoms with E-state index in [1.807, 2.05) is 0 Å². The van der Waals surface area contributed by atoms with Gasteiger partial charge in [-0.3, -0.25) is 4.79 Å². The van der Waals surface area contributed by atoms with Gasteiger partial charge in [0.2, 0.25) is 5.91 Å². The van der Waals surface area contributed by atoms with Crippen molar-refractivity contribution in [1.29, 1.82) is 0 Å². The molecule has 10 nitrogen and oxygen atoms in total. The van der Waals surface area contributed by atoms with E-state index >= 15 is 0 Å². The van der Waals surface area contributed by atoms with Crippen molar-refractivity contribution in [3.05, 3.63) is 28.2 Å². The summed E-state index contributed by atoms with van der Waals surface area (Å²) in [5.41, 5.74) is -1.20. The highest BCUT2D eigenvalue weighted by Crippen LogP contribution is 2.18. The summed E-state index contributed by atoms with van der Waals surface area (Å²) >= 11 is 7.01. The van der Waals surface area contributed by atoms with Crippen LogP contribution in [0.4, 0.5) is 4.79 Å². The number of aromatic nitrogens is 1. The zero-order valence-corrected chi connectivity index (χ0v) is 25.9. The molecular weight excluding hydrogens is 546 g/mol. The number of amides is 2. The molecule has 39 heavy (non-hydrogen) atoms. The van der Waals surface area contributed by atoms with Gasteiger partial charge in [-0.25, -0.2) is 19.4 Å². The van der Waals surface area contributed by atoms with Gasteiger partial charge in [0.05, 0.1) is 13.0 Å². The van der Waals surface area contributed by atoms with Crippen LogP contribution in [0.5, 0.6) is 0 Å². The maximum Gasteiger partial charge on any atom is 0.408 e. The lowest BCUT2D eigenvalue weighted by Gasteiger charge is -2.26. The topological polar surface area (TPSA) is 124 Å². The molecule has 1 rings (SSSR count). The van der Waals surface area contributed by atoms with Gasteiger partial charge in [0.25, 0.3) is 0 Å². The molecule has 0 radical (unpaired) electrons. The first-order valence-electron chi connectivity index (χ1n) is 12.8. The van der Waals surface area contributed by atoms with Crippen molar-refractivity contribution in [3.8, 4) is 0 Å². The van der Waals surface area contributed by atoms with E-state index in [2.05, 4.69) is 10.3 Å². The first-order valence-corrected chi connectivity index (χ1v) is 14.2. The monoisotopic (exact) mass is 587 g/mol. The number of alkyl halides is 1. The predicted octanol–water partition coefficient (Wildman–Crippen LogP) is 5.09. The maximum atomic E-state index is 13.0. The second-order valence-electron chi connectivity index (χ2n) is 11.3. The number of rotatable bonds is 12. The molecular formula is C27H42ClN3O7S. The molecule has 0 unspecified atom stereocenters. The minimum absolute atomic E-state index is 0.136. The Labute approximate surface area is 240 Å². The first-order chi connectivity index (χ1) is 17.9. The molecule has 0 aliphatic heterocycles. The normalized spacial score (nSPS) is 13.6. The van der Waals surface area contributed by atoms with Gasteiger partial charge in [0.15, 0.2) is 5.69 Å². The minimum atomic E-state index is -0.974. The van der Waals surface area contributed by atoms with Gasteiger partial charge in [0, 0.05) is 18.3 Å². The fourth-order valence-corrected chi connectivity index (χ4v) is 3.98. The molecule has 0 saturated carbocycles. The smallest absolute Gasteiger partial charge is 0.408 e. The molecule has 1 heterocycles. The standard InChI is InChI=1S/C27H42ClN3O7S/c1-17(2)22(30-25(35)38-27(6,7)8)24(34)36-18(12-10-11-13-28)14-21(32)31(9)15-20-29-19(16-39-20)23(33)37-26(3,4)5/h10,12,16-18,22H,11,13-15H2,1-9H3,(H,30,35)/b12-10+/t18-,22+/m1/s1. The molecule has 1 aromatic heterocycles. The predicted molar refractivity (Wildman–Crippen MR) is 151 cm³/mol. The Kier molecular flexibility index (Phi) is 13.4. The number of thiazole rings is 1. The van der Waals surface area contributed by atoms with Gasteiger partial charge in [0.1, 0.15) is 28.4 Å². The average molecular weight is 588 g/mol. The molecule has 0 aliphatic carbocycles. The molecule has 2 amide bonds. The van der Waals surface area contributed by atoms with Crippen LogP contribution in [0.1, 0.15) is 83.7 Å². The summed E-state index contributed by atoms with van der Waals surface area (Å²) in [5, 5.41) is 4.70. The Morgan fingerprint density at radius 3 is 2.26 bits per heavy atom. The second kappa shape index (κ2) is 15.2. The number of hydrogen-bond acceptors (Lipinski definition) is 9. The van der Waals surface area contributed by atoms with Crippen molar-refractivity contribution < 1.29 is 33.4 Å². The molecule has 0 spiro atoms. The van der Waals surface area contributed by atoms with Gasteiger partial charge < -0.3 is 24.4 Å². The summed E-state index contributed by atoms with van der Waals surface area (Å²) in [6.07, 6.45) is 2.11. The number of ether oxygens (including phenoxy) is 3. The molecule has 0 fully saturated rings. The summed E-state index contributed by atoms with van der Waals surface area (Å²) in [4.78, 5) is 56.2. The summed E-state index contributed by atoms with van der Waals surface area (Å²) < 4.78 is 16.2. The Morgan fingerprint density at radius 2 is 1.72 bits per heavy atom. The molecule has 1 N–H and O–H groups in total. The number of nitrogens with one attached hydrogen (secondary N) is 1. The van der Waals surface area contributed by atoms with E-state index in [4.69, 9.17) is 25.8 Å². The van der Waals surface area contributed by atoms with Crippen LogP contribution < -0.4 is 5.32 Å². The highest BCUT2D eigenvalue weighted by atomic mass is 35.5. The number of carbonyl (C=O) groups excluding carboxylic acids is 4. The quantitative estimate of drug-likeness (QED) is 0.155. The molecule has 1 aromatic rings. The lowest BCUT2D eigenvalue weighted by molar-refractivity contribution is -0.152. The van der Waals surface area contributed by atoms with Crippen LogP contribution in [0.15, 0.2) is 17.5 Å². The van der Waals surface area contributed by atoms with Crippen molar-refractivity contribution in [1.82, 2.24) is 15.2 Å². The Bertz CT molecular complexity index is 1010. The molecule has 0 aliphatic rings. The van der Waals surface area contributed by atoms with E-state index < -0.39 is 41.4 Å². The lowest BCUT2D eigenvalue weighted by atomic mass is 10.0. The highest BCUT2D eigenvalue weighted by Gasteiger charge is 2.30. The summed E-state index contributed by atoms with van der Waals surface area (Å²) in [6.45, 7) is 14.2. The summed E-state index contributed by atoms with van der Waals surface area (Å²) in [7, 11) is 1.60. The zero-order chi connectivity index (χ0) is 30.0. The number of carbonyl (C=O) groups is 4. The van der Waals surface area contributed by atoms with E-state index in [0.29, 0.717) is 17.3 Å². The number of hydrogen-bond donors (Lipinski definition) is 1. The Balaban J connectivity index is 2.90. The average Bonchev–Trinajstić information content (AvgIpc) is 3.23. The molecule has 220 valence electrons. The van der Waals surface area contributed by atoms with Crippen LogP contribution in [-0.2, 0) is 30.3 Å². The molecule has 0 saturated heterocycles. The van der Waals surface area contributed by atoms with Gasteiger partial charge in [-0.05, 0) is 60.0 Å². The van der Waals surface area contributed by atoms with Crippen molar-refractivity contribution in [3.63, 3.8) is 0 Å². The SMILES string of the molecule is CC(C)[C@H](NC(=O)OC(C)(C)C)C(=O)O[C@H](/C=C/CCCl)CC(=O)N(C)Cc1nc(C(=O)OC(C)(C)C)cs1. The van der Waals surface area contributed by atoms with Gasteiger partial charge in [-0.1, -0.05) is 19.9 Å². The third-order valence-electron chi connectivity index (χ3n) is 4.82. The molecule has 0 bridgehead atoms. The fraction of sp³-hybridized carbons (Fsp3) is 0.667. The van der Waals surface area contributed by atoms with E-state index in [9.17, 15) is 19.2 Å². The third-order valence-corrected chi connectivity index (χ3v) is 5.87. The van der Waals surface area contributed by atoms with Gasteiger partial charge >= 0.3 is 18.0 Å². The molecule has 12 heteroatoms. The number of nitrogens with zero attached hydrogens (tertiary/aromatic N) is 2. The van der Waals surface area contributed by atoms with Gasteiger partial charge in [-0.2, -0.15) is 0 Å². The zero-order valence-electron chi connectivity index (χ0n) is 24.3. The number of alkyl carbamates (subject to hydrolysis) is 1. The Morgan fingerprint density at radius 1 is 1.10 bits per heavy atom. The first kappa shape index (κ1) is 34.4. The van der Waals surface area contributed by atoms with Crippen molar-refractivity contribution >= 4 is 46.9 Å². The number of esters is 2. The van der Waals surface area contributed by atoms with Crippen molar-refractivity contribution in [2.75, 3.05) is 12.9 Å². The molecule has 2 atom stereocenters.